The van der Waals surface area contributed by atoms with Crippen LogP contribution >= 0.6 is 15.9 Å². The minimum Gasteiger partial charge on any atom is -0.354 e. The Bertz CT molecular complexity index is 608. The van der Waals surface area contributed by atoms with Crippen LogP contribution in [0.25, 0.3) is 10.9 Å². The summed E-state index contributed by atoms with van der Waals surface area (Å²) in [6.07, 6.45) is 3.88. The van der Waals surface area contributed by atoms with Gasteiger partial charge in [0.1, 0.15) is 0 Å². The largest absolute Gasteiger partial charge is 0.354 e. The second kappa shape index (κ2) is 3.43. The molecule has 0 unspecified atom stereocenters. The van der Waals surface area contributed by atoms with Gasteiger partial charge in [0.15, 0.2) is 0 Å². The third-order valence-corrected chi connectivity index (χ3v) is 2.53. The Labute approximate surface area is 91.2 Å². The van der Waals surface area contributed by atoms with E-state index in [9.17, 15) is 14.9 Å². The first-order chi connectivity index (χ1) is 7.11. The van der Waals surface area contributed by atoms with Crippen LogP contribution in [-0.2, 0) is 0 Å². The van der Waals surface area contributed by atoms with Gasteiger partial charge in [-0.3, -0.25) is 19.9 Å². The zero-order valence-electron chi connectivity index (χ0n) is 7.23. The molecule has 1 N–H and O–H groups in total. The molecule has 76 valence electrons. The molecule has 0 fully saturated rings. The van der Waals surface area contributed by atoms with Crippen LogP contribution in [0.3, 0.4) is 0 Å². The van der Waals surface area contributed by atoms with Crippen LogP contribution in [0.5, 0.6) is 0 Å². The number of nitrogens with one attached hydrogen (secondary N) is 1. The molecule has 2 aromatic heterocycles. The molecule has 7 heteroatoms. The molecule has 0 amide bonds. The lowest BCUT2D eigenvalue weighted by Gasteiger charge is -1.98. The number of fused-ring (bicyclic) bond motifs is 1. The molecule has 0 atom stereocenters. The van der Waals surface area contributed by atoms with E-state index in [-0.39, 0.29) is 5.39 Å². The molecule has 15 heavy (non-hydrogen) atoms. The van der Waals surface area contributed by atoms with Crippen molar-refractivity contribution in [1.29, 1.82) is 0 Å². The fraction of sp³-hybridized carbons (Fsp3) is 0. The highest BCUT2D eigenvalue weighted by Gasteiger charge is 2.15. The fourth-order valence-electron chi connectivity index (χ4n) is 1.23. The zero-order valence-corrected chi connectivity index (χ0v) is 8.82. The van der Waals surface area contributed by atoms with Gasteiger partial charge in [0.05, 0.1) is 26.5 Å². The molecule has 0 aliphatic heterocycles. The van der Waals surface area contributed by atoms with E-state index in [0.29, 0.717) is 9.99 Å². The van der Waals surface area contributed by atoms with Crippen molar-refractivity contribution in [1.82, 2.24) is 9.97 Å². The Morgan fingerprint density at radius 2 is 2.20 bits per heavy atom. The number of pyridine rings is 2. The highest BCUT2D eigenvalue weighted by molar-refractivity contribution is 9.10. The van der Waals surface area contributed by atoms with Crippen molar-refractivity contribution in [2.45, 2.75) is 0 Å². The summed E-state index contributed by atoms with van der Waals surface area (Å²) in [6, 6.07) is 0. The molecule has 0 spiro atoms. The SMILES string of the molecule is O=c1c([N+](=O)[O-])c[nH]c2c(Br)cncc12. The van der Waals surface area contributed by atoms with Gasteiger partial charge in [0.25, 0.3) is 5.43 Å². The standard InChI is InChI=1S/C8H4BrN3O3/c9-5-2-10-1-4-7(5)11-3-6(8(4)13)12(14)15/h1-3H,(H,11,13). The van der Waals surface area contributed by atoms with Gasteiger partial charge in [-0.25, -0.2) is 0 Å². The van der Waals surface area contributed by atoms with Gasteiger partial charge in [-0.1, -0.05) is 0 Å². The zero-order chi connectivity index (χ0) is 11.0. The Balaban J connectivity index is 2.92. The number of halogens is 1. The first kappa shape index (κ1) is 9.78. The highest BCUT2D eigenvalue weighted by atomic mass is 79.9. The molecule has 0 saturated carbocycles. The molecule has 6 nitrogen and oxygen atoms in total. The van der Waals surface area contributed by atoms with Crippen molar-refractivity contribution in [3.8, 4) is 0 Å². The number of hydrogen-bond donors (Lipinski definition) is 1. The second-order valence-corrected chi connectivity index (χ2v) is 3.66. The third kappa shape index (κ3) is 1.50. The van der Waals surface area contributed by atoms with Gasteiger partial charge in [-0.15, -0.1) is 0 Å². The molecule has 0 aliphatic carbocycles. The minimum absolute atomic E-state index is 0.193. The molecule has 2 aromatic rings. The maximum Gasteiger partial charge on any atom is 0.332 e. The smallest absolute Gasteiger partial charge is 0.332 e. The molecule has 0 bridgehead atoms. The summed E-state index contributed by atoms with van der Waals surface area (Å²) < 4.78 is 0.590. The quantitative estimate of drug-likeness (QED) is 0.629. The maximum atomic E-state index is 11.6. The second-order valence-electron chi connectivity index (χ2n) is 2.80. The Hall–Kier alpha value is -1.76. The Morgan fingerprint density at radius 3 is 2.87 bits per heavy atom. The van der Waals surface area contributed by atoms with E-state index in [2.05, 4.69) is 25.9 Å². The molecule has 2 rings (SSSR count). The number of H-pyrrole nitrogens is 1. The monoisotopic (exact) mass is 269 g/mol. The summed E-state index contributed by atoms with van der Waals surface area (Å²) in [5.41, 5.74) is -0.620. The van der Waals surface area contributed by atoms with Gasteiger partial charge in [-0.2, -0.15) is 0 Å². The number of aromatic amines is 1. The summed E-state index contributed by atoms with van der Waals surface area (Å²) in [5.74, 6) is 0. The van der Waals surface area contributed by atoms with Gasteiger partial charge in [0.2, 0.25) is 0 Å². The highest BCUT2D eigenvalue weighted by Crippen LogP contribution is 2.19. The summed E-state index contributed by atoms with van der Waals surface area (Å²) in [6.45, 7) is 0. The topological polar surface area (TPSA) is 88.9 Å². The molecule has 0 aliphatic rings. The first-order valence-electron chi connectivity index (χ1n) is 3.90. The molecular formula is C8H4BrN3O3. The van der Waals surface area contributed by atoms with Crippen LogP contribution in [0, 0.1) is 10.1 Å². The van der Waals surface area contributed by atoms with Crippen LogP contribution in [-0.4, -0.2) is 14.9 Å². The Morgan fingerprint density at radius 1 is 1.47 bits per heavy atom. The van der Waals surface area contributed by atoms with Gasteiger partial charge < -0.3 is 4.98 Å². The van der Waals surface area contributed by atoms with Crippen LogP contribution in [0.4, 0.5) is 5.69 Å². The first-order valence-corrected chi connectivity index (χ1v) is 4.70. The number of nitro groups is 1. The Kier molecular flexibility index (Phi) is 2.24. The predicted octanol–water partition coefficient (Wildman–Crippen LogP) is 1.59. The third-order valence-electron chi connectivity index (χ3n) is 1.93. The number of aromatic nitrogens is 2. The van der Waals surface area contributed by atoms with Crippen molar-refractivity contribution in [3.63, 3.8) is 0 Å². The van der Waals surface area contributed by atoms with E-state index < -0.39 is 16.0 Å². The van der Waals surface area contributed by atoms with E-state index >= 15 is 0 Å². The summed E-state index contributed by atoms with van der Waals surface area (Å²) in [4.78, 5) is 27.8. The maximum absolute atomic E-state index is 11.6. The van der Waals surface area contributed by atoms with Crippen molar-refractivity contribution < 1.29 is 4.92 Å². The normalized spacial score (nSPS) is 10.5. The lowest BCUT2D eigenvalue weighted by Crippen LogP contribution is -2.09. The van der Waals surface area contributed by atoms with Crippen molar-refractivity contribution >= 4 is 32.5 Å². The molecule has 0 aromatic carbocycles. The van der Waals surface area contributed by atoms with Crippen LogP contribution < -0.4 is 5.43 Å². The van der Waals surface area contributed by atoms with E-state index in [1.54, 1.807) is 0 Å². The average molecular weight is 270 g/mol. The van der Waals surface area contributed by atoms with E-state index in [1.165, 1.54) is 12.4 Å². The summed E-state index contributed by atoms with van der Waals surface area (Å²) in [7, 11) is 0. The molecular weight excluding hydrogens is 266 g/mol. The van der Waals surface area contributed by atoms with Gasteiger partial charge in [0, 0.05) is 12.4 Å². The lowest BCUT2D eigenvalue weighted by atomic mass is 10.2. The van der Waals surface area contributed by atoms with Crippen molar-refractivity contribution in [2.24, 2.45) is 0 Å². The van der Waals surface area contributed by atoms with Gasteiger partial charge >= 0.3 is 5.69 Å². The van der Waals surface area contributed by atoms with Gasteiger partial charge in [-0.05, 0) is 15.9 Å². The average Bonchev–Trinajstić information content (AvgIpc) is 2.19. The summed E-state index contributed by atoms with van der Waals surface area (Å²) >= 11 is 3.19. The fourth-order valence-corrected chi connectivity index (χ4v) is 1.68. The molecule has 2 heterocycles. The van der Waals surface area contributed by atoms with Crippen molar-refractivity contribution in [2.75, 3.05) is 0 Å². The van der Waals surface area contributed by atoms with E-state index in [1.807, 2.05) is 0 Å². The van der Waals surface area contributed by atoms with Crippen LogP contribution in [0.1, 0.15) is 0 Å². The predicted molar refractivity (Wildman–Crippen MR) is 56.7 cm³/mol. The molecule has 0 radical (unpaired) electrons. The van der Waals surface area contributed by atoms with Crippen LogP contribution in [0.2, 0.25) is 0 Å². The minimum atomic E-state index is -0.723. The molecule has 0 saturated heterocycles. The summed E-state index contributed by atoms with van der Waals surface area (Å²) in [5, 5.41) is 10.7. The van der Waals surface area contributed by atoms with E-state index in [4.69, 9.17) is 0 Å². The number of nitrogens with zero attached hydrogens (tertiary/aromatic N) is 2. The van der Waals surface area contributed by atoms with E-state index in [0.717, 1.165) is 6.20 Å². The lowest BCUT2D eigenvalue weighted by molar-refractivity contribution is -0.386. The van der Waals surface area contributed by atoms with Crippen LogP contribution in [0.15, 0.2) is 27.9 Å². The number of hydrogen-bond acceptors (Lipinski definition) is 4. The van der Waals surface area contributed by atoms with Crippen molar-refractivity contribution in [3.05, 3.63) is 43.4 Å². The number of rotatable bonds is 1.